The van der Waals surface area contributed by atoms with Crippen LogP contribution >= 0.6 is 0 Å². The molecule has 2 aliphatic heterocycles. The number of carbonyl (C=O) groups is 2. The van der Waals surface area contributed by atoms with Crippen LogP contribution in [0.5, 0.6) is 17.2 Å². The lowest BCUT2D eigenvalue weighted by Crippen LogP contribution is -2.50. The number of ether oxygens (including phenoxy) is 3. The summed E-state index contributed by atoms with van der Waals surface area (Å²) < 4.78 is 17.0. The second-order valence-corrected chi connectivity index (χ2v) is 9.19. The van der Waals surface area contributed by atoms with E-state index in [1.165, 1.54) is 0 Å². The van der Waals surface area contributed by atoms with Crippen molar-refractivity contribution in [3.8, 4) is 17.2 Å². The van der Waals surface area contributed by atoms with Gasteiger partial charge in [-0.2, -0.15) is 0 Å². The third kappa shape index (κ3) is 4.61. The van der Waals surface area contributed by atoms with Crippen LogP contribution in [-0.4, -0.2) is 43.6 Å². The Labute approximate surface area is 217 Å². The highest BCUT2D eigenvalue weighted by Crippen LogP contribution is 2.48. The highest BCUT2D eigenvalue weighted by Gasteiger charge is 2.46. The summed E-state index contributed by atoms with van der Waals surface area (Å²) in [5.74, 6) is 1.37. The Bertz CT molecular complexity index is 1300. The van der Waals surface area contributed by atoms with E-state index in [9.17, 15) is 9.59 Å². The second-order valence-electron chi connectivity index (χ2n) is 9.19. The van der Waals surface area contributed by atoms with Gasteiger partial charge in [-0.25, -0.2) is 0 Å². The van der Waals surface area contributed by atoms with Gasteiger partial charge in [-0.15, -0.1) is 0 Å². The molecule has 0 radical (unpaired) electrons. The zero-order chi connectivity index (χ0) is 25.9. The maximum Gasteiger partial charge on any atom is 0.254 e. The molecular formula is C30H32N2O5. The van der Waals surface area contributed by atoms with Gasteiger partial charge < -0.3 is 24.4 Å². The number of rotatable bonds is 8. The lowest BCUT2D eigenvalue weighted by molar-refractivity contribution is -0.124. The number of nitrogens with zero attached hydrogens (tertiary/aromatic N) is 1. The van der Waals surface area contributed by atoms with Crippen molar-refractivity contribution in [2.24, 2.45) is 0 Å². The first-order valence-corrected chi connectivity index (χ1v) is 12.8. The lowest BCUT2D eigenvalue weighted by Gasteiger charge is -2.45. The van der Waals surface area contributed by atoms with Crippen molar-refractivity contribution < 1.29 is 23.8 Å². The molecule has 2 heterocycles. The van der Waals surface area contributed by atoms with E-state index in [1.54, 1.807) is 7.11 Å². The molecule has 0 fully saturated rings. The van der Waals surface area contributed by atoms with E-state index in [-0.39, 0.29) is 11.8 Å². The number of fused-ring (bicyclic) bond motifs is 4. The molecule has 0 saturated carbocycles. The molecule has 0 unspecified atom stereocenters. The maximum absolute atomic E-state index is 13.9. The average Bonchev–Trinajstić information content (AvgIpc) is 2.93. The van der Waals surface area contributed by atoms with E-state index in [0.29, 0.717) is 49.8 Å². The van der Waals surface area contributed by atoms with Gasteiger partial charge in [0.25, 0.3) is 5.91 Å². The minimum Gasteiger partial charge on any atom is -0.497 e. The molecular weight excluding hydrogens is 468 g/mol. The molecule has 2 aliphatic rings. The van der Waals surface area contributed by atoms with Crippen LogP contribution in [0.3, 0.4) is 0 Å². The van der Waals surface area contributed by atoms with Gasteiger partial charge in [0, 0.05) is 18.7 Å². The fourth-order valence-corrected chi connectivity index (χ4v) is 5.40. The Morgan fingerprint density at radius 2 is 1.68 bits per heavy atom. The van der Waals surface area contributed by atoms with Crippen molar-refractivity contribution in [1.29, 1.82) is 0 Å². The van der Waals surface area contributed by atoms with Crippen molar-refractivity contribution in [2.75, 3.05) is 26.9 Å². The van der Waals surface area contributed by atoms with Crippen LogP contribution in [0.25, 0.3) is 0 Å². The van der Waals surface area contributed by atoms with E-state index < -0.39 is 12.0 Å². The zero-order valence-corrected chi connectivity index (χ0v) is 21.5. The Hall–Kier alpha value is -4.00. The average molecular weight is 501 g/mol. The van der Waals surface area contributed by atoms with E-state index in [4.69, 9.17) is 14.2 Å². The highest BCUT2D eigenvalue weighted by molar-refractivity contribution is 6.01. The number of methoxy groups -OCH3 is 1. The van der Waals surface area contributed by atoms with Crippen LogP contribution in [0.15, 0.2) is 60.7 Å². The van der Waals surface area contributed by atoms with E-state index in [2.05, 4.69) is 5.32 Å². The van der Waals surface area contributed by atoms with Crippen molar-refractivity contribution in [2.45, 2.75) is 38.8 Å². The topological polar surface area (TPSA) is 77.1 Å². The summed E-state index contributed by atoms with van der Waals surface area (Å²) in [5, 5.41) is 3.12. The highest BCUT2D eigenvalue weighted by atomic mass is 16.5. The molecule has 37 heavy (non-hydrogen) atoms. The van der Waals surface area contributed by atoms with E-state index in [0.717, 1.165) is 28.0 Å². The van der Waals surface area contributed by atoms with Crippen LogP contribution in [0.1, 0.15) is 58.4 Å². The van der Waals surface area contributed by atoms with Crippen LogP contribution in [0.4, 0.5) is 0 Å². The maximum atomic E-state index is 13.9. The first-order valence-electron chi connectivity index (χ1n) is 12.8. The van der Waals surface area contributed by atoms with Crippen LogP contribution < -0.4 is 19.5 Å². The summed E-state index contributed by atoms with van der Waals surface area (Å²) in [6.07, 6.45) is 0.687. The van der Waals surface area contributed by atoms with Gasteiger partial charge in [0.2, 0.25) is 5.91 Å². The number of benzene rings is 3. The smallest absolute Gasteiger partial charge is 0.254 e. The van der Waals surface area contributed by atoms with Gasteiger partial charge in [0.1, 0.15) is 5.75 Å². The zero-order valence-electron chi connectivity index (χ0n) is 21.5. The number of hydrogen-bond acceptors (Lipinski definition) is 5. The minimum atomic E-state index is -0.557. The predicted molar refractivity (Wildman–Crippen MR) is 140 cm³/mol. The molecule has 7 nitrogen and oxygen atoms in total. The molecule has 2 atom stereocenters. The molecule has 5 rings (SSSR count). The number of hydrogen-bond donors (Lipinski definition) is 1. The molecule has 3 aromatic rings. The molecule has 1 N–H and O–H groups in total. The van der Waals surface area contributed by atoms with Crippen molar-refractivity contribution in [3.05, 3.63) is 88.5 Å². The van der Waals surface area contributed by atoms with Gasteiger partial charge in [-0.1, -0.05) is 30.3 Å². The first kappa shape index (κ1) is 24.7. The summed E-state index contributed by atoms with van der Waals surface area (Å²) in [7, 11) is 1.63. The van der Waals surface area contributed by atoms with Gasteiger partial charge in [-0.3, -0.25) is 9.59 Å². The largest absolute Gasteiger partial charge is 0.497 e. The van der Waals surface area contributed by atoms with Gasteiger partial charge in [0.05, 0.1) is 32.3 Å². The Kier molecular flexibility index (Phi) is 7.04. The SMILES string of the molecule is CCOc1cc2c(cc1OCC)[C@H]1[C@H](C(=O)NCc3ccc(OC)cc3)c3ccccc3C(=O)N1CC2. The molecule has 192 valence electrons. The molecule has 0 saturated heterocycles. The fourth-order valence-electron chi connectivity index (χ4n) is 5.40. The molecule has 0 bridgehead atoms. The summed E-state index contributed by atoms with van der Waals surface area (Å²) in [6, 6.07) is 18.6. The monoisotopic (exact) mass is 500 g/mol. The number of carbonyl (C=O) groups excluding carboxylic acids is 2. The summed E-state index contributed by atoms with van der Waals surface area (Å²) in [6.45, 7) is 5.79. The van der Waals surface area contributed by atoms with Crippen molar-refractivity contribution in [3.63, 3.8) is 0 Å². The van der Waals surface area contributed by atoms with Crippen LogP contribution in [-0.2, 0) is 17.8 Å². The third-order valence-electron chi connectivity index (χ3n) is 7.09. The van der Waals surface area contributed by atoms with Crippen LogP contribution in [0, 0.1) is 0 Å². The molecule has 0 aliphatic carbocycles. The summed E-state index contributed by atoms with van der Waals surface area (Å²) in [5.41, 5.74) is 4.32. The molecule has 7 heteroatoms. The van der Waals surface area contributed by atoms with Gasteiger partial charge >= 0.3 is 0 Å². The van der Waals surface area contributed by atoms with Crippen molar-refractivity contribution >= 4 is 11.8 Å². The van der Waals surface area contributed by atoms with Crippen molar-refractivity contribution in [1.82, 2.24) is 10.2 Å². The fraction of sp³-hybridized carbons (Fsp3) is 0.333. The normalized spacial score (nSPS) is 17.8. The lowest BCUT2D eigenvalue weighted by atomic mass is 9.75. The van der Waals surface area contributed by atoms with E-state index >= 15 is 0 Å². The third-order valence-corrected chi connectivity index (χ3v) is 7.09. The van der Waals surface area contributed by atoms with Gasteiger partial charge in [0.15, 0.2) is 11.5 Å². The molecule has 0 spiro atoms. The number of nitrogens with one attached hydrogen (secondary N) is 1. The molecule has 2 amide bonds. The first-order chi connectivity index (χ1) is 18.0. The Balaban J connectivity index is 1.54. The molecule has 0 aromatic heterocycles. The standard InChI is InChI=1S/C30H32N2O5/c1-4-36-25-16-20-14-15-32-28(24(20)17-26(25)37-5-2)27(22-8-6-7-9-23(22)30(32)34)29(33)31-18-19-10-12-21(35-3)13-11-19/h6-13,16-17,27-28H,4-5,14-15,18H2,1-3H3,(H,31,33)/t27-,28+/m1/s1. The van der Waals surface area contributed by atoms with E-state index in [1.807, 2.05) is 79.4 Å². The van der Waals surface area contributed by atoms with Crippen LogP contribution in [0.2, 0.25) is 0 Å². The summed E-state index contributed by atoms with van der Waals surface area (Å²) in [4.78, 5) is 29.3. The quantitative estimate of drug-likeness (QED) is 0.487. The minimum absolute atomic E-state index is 0.0442. The number of amides is 2. The second kappa shape index (κ2) is 10.5. The summed E-state index contributed by atoms with van der Waals surface area (Å²) >= 11 is 0. The van der Waals surface area contributed by atoms with Gasteiger partial charge in [-0.05, 0) is 72.9 Å². The predicted octanol–water partition coefficient (Wildman–Crippen LogP) is 4.65. The Morgan fingerprint density at radius 3 is 2.38 bits per heavy atom. The Morgan fingerprint density at radius 1 is 0.973 bits per heavy atom. The molecule has 3 aromatic carbocycles.